The highest BCUT2D eigenvalue weighted by Gasteiger charge is 2.20. The van der Waals surface area contributed by atoms with Crippen molar-refractivity contribution >= 4 is 22.2 Å². The van der Waals surface area contributed by atoms with Crippen molar-refractivity contribution in [1.29, 1.82) is 0 Å². The molecule has 1 rings (SSSR count). The van der Waals surface area contributed by atoms with Crippen LogP contribution in [0.3, 0.4) is 0 Å². The molecule has 0 saturated heterocycles. The third kappa shape index (κ3) is 2.73. The molecule has 0 heterocycles. The van der Waals surface area contributed by atoms with Crippen LogP contribution < -0.4 is 0 Å². The molecule has 0 radical (unpaired) electrons. The predicted octanol–water partition coefficient (Wildman–Crippen LogP) is 0.841. The van der Waals surface area contributed by atoms with Gasteiger partial charge >= 0.3 is 0 Å². The van der Waals surface area contributed by atoms with Crippen molar-refractivity contribution in [3.05, 3.63) is 12.1 Å². The molecule has 15 heavy (non-hydrogen) atoms. The van der Waals surface area contributed by atoms with Crippen LogP contribution in [0.15, 0.2) is 21.9 Å². The standard InChI is InChI=1S/C6H6O7S2/c7-4-1-3(14-13-9)2-5(6(4)8)15(10,11)12/h1-2,7-9H,(H,10,11,12). The molecule has 1 aromatic rings. The van der Waals surface area contributed by atoms with Gasteiger partial charge in [-0.05, 0) is 12.1 Å². The minimum Gasteiger partial charge on any atom is -0.504 e. The van der Waals surface area contributed by atoms with E-state index in [2.05, 4.69) is 4.33 Å². The first-order valence-electron chi connectivity index (χ1n) is 3.38. The monoisotopic (exact) mass is 254 g/mol. The van der Waals surface area contributed by atoms with Gasteiger partial charge in [0.1, 0.15) is 4.90 Å². The summed E-state index contributed by atoms with van der Waals surface area (Å²) in [5, 5.41) is 26.3. The zero-order valence-electron chi connectivity index (χ0n) is 6.98. The molecule has 0 saturated carbocycles. The Labute approximate surface area is 88.8 Å². The summed E-state index contributed by atoms with van der Waals surface area (Å²) in [7, 11) is -4.66. The van der Waals surface area contributed by atoms with Crippen LogP contribution in [-0.2, 0) is 14.5 Å². The molecule has 0 aromatic heterocycles. The van der Waals surface area contributed by atoms with Gasteiger partial charge in [0, 0.05) is 4.90 Å². The van der Waals surface area contributed by atoms with Gasteiger partial charge in [-0.2, -0.15) is 12.8 Å². The van der Waals surface area contributed by atoms with E-state index in [0.29, 0.717) is 12.0 Å². The van der Waals surface area contributed by atoms with E-state index >= 15 is 0 Å². The fourth-order valence-electron chi connectivity index (χ4n) is 0.856. The lowest BCUT2D eigenvalue weighted by atomic mass is 10.3. The molecule has 0 spiro atoms. The number of hydrogen-bond donors (Lipinski definition) is 4. The lowest BCUT2D eigenvalue weighted by Crippen LogP contribution is -1.99. The van der Waals surface area contributed by atoms with Crippen LogP contribution in [0.25, 0.3) is 0 Å². The van der Waals surface area contributed by atoms with Crippen LogP contribution >= 0.6 is 12.0 Å². The molecular formula is C6H6O7S2. The summed E-state index contributed by atoms with van der Waals surface area (Å²) >= 11 is 0.337. The van der Waals surface area contributed by atoms with Crippen LogP contribution in [0.2, 0.25) is 0 Å². The first kappa shape index (κ1) is 12.1. The second kappa shape index (κ2) is 4.24. The van der Waals surface area contributed by atoms with Crippen molar-refractivity contribution in [1.82, 2.24) is 0 Å². The molecule has 7 nitrogen and oxygen atoms in total. The van der Waals surface area contributed by atoms with Gasteiger partial charge in [-0.25, -0.2) is 5.26 Å². The summed E-state index contributed by atoms with van der Waals surface area (Å²) in [5.74, 6) is -1.73. The Balaban J connectivity index is 3.38. The molecule has 0 unspecified atom stereocenters. The maximum Gasteiger partial charge on any atom is 0.298 e. The van der Waals surface area contributed by atoms with Gasteiger partial charge in [-0.1, -0.05) is 0 Å². The molecule has 1 aromatic carbocycles. The lowest BCUT2D eigenvalue weighted by molar-refractivity contribution is -0.116. The topological polar surface area (TPSA) is 124 Å². The summed E-state index contributed by atoms with van der Waals surface area (Å²) in [6.07, 6.45) is 0. The van der Waals surface area contributed by atoms with E-state index in [-0.39, 0.29) is 4.90 Å². The predicted molar refractivity (Wildman–Crippen MR) is 49.2 cm³/mol. The second-order valence-corrected chi connectivity index (χ2v) is 4.60. The minimum atomic E-state index is -4.66. The van der Waals surface area contributed by atoms with Crippen LogP contribution in [0, 0.1) is 0 Å². The molecule has 84 valence electrons. The second-order valence-electron chi connectivity index (χ2n) is 2.42. The minimum absolute atomic E-state index is 0.0135. The van der Waals surface area contributed by atoms with Gasteiger partial charge in [0.25, 0.3) is 10.1 Å². The van der Waals surface area contributed by atoms with E-state index < -0.39 is 26.5 Å². The molecule has 0 aliphatic heterocycles. The number of aromatic hydroxyl groups is 2. The van der Waals surface area contributed by atoms with Crippen molar-refractivity contribution in [3.63, 3.8) is 0 Å². The number of benzene rings is 1. The number of rotatable bonds is 3. The third-order valence-corrected chi connectivity index (χ3v) is 2.81. The molecule has 0 atom stereocenters. The highest BCUT2D eigenvalue weighted by molar-refractivity contribution is 7.94. The van der Waals surface area contributed by atoms with Gasteiger partial charge in [-0.3, -0.25) is 4.55 Å². The Kier molecular flexibility index (Phi) is 3.42. The van der Waals surface area contributed by atoms with E-state index in [1.165, 1.54) is 0 Å². The summed E-state index contributed by atoms with van der Waals surface area (Å²) in [4.78, 5) is -0.887. The summed E-state index contributed by atoms with van der Waals surface area (Å²) in [6, 6.07) is 1.77. The fourth-order valence-corrected chi connectivity index (χ4v) is 1.97. The maximum atomic E-state index is 10.7. The van der Waals surface area contributed by atoms with Crippen molar-refractivity contribution in [3.8, 4) is 11.5 Å². The maximum absolute atomic E-state index is 10.7. The number of phenols is 2. The Morgan fingerprint density at radius 3 is 2.33 bits per heavy atom. The van der Waals surface area contributed by atoms with E-state index in [1.54, 1.807) is 0 Å². The smallest absolute Gasteiger partial charge is 0.298 e. The van der Waals surface area contributed by atoms with Crippen molar-refractivity contribution in [2.24, 2.45) is 0 Å². The molecule has 4 N–H and O–H groups in total. The normalized spacial score (nSPS) is 11.6. The van der Waals surface area contributed by atoms with Gasteiger partial charge in [0.05, 0.1) is 12.0 Å². The average Bonchev–Trinajstić information content (AvgIpc) is 2.09. The third-order valence-electron chi connectivity index (χ3n) is 1.44. The van der Waals surface area contributed by atoms with E-state index in [0.717, 1.165) is 12.1 Å². The zero-order chi connectivity index (χ0) is 11.6. The average molecular weight is 254 g/mol. The number of phenolic OH excluding ortho intramolecular Hbond substituents is 2. The van der Waals surface area contributed by atoms with E-state index in [9.17, 15) is 8.42 Å². The van der Waals surface area contributed by atoms with Crippen molar-refractivity contribution in [2.75, 3.05) is 0 Å². The molecule has 0 bridgehead atoms. The van der Waals surface area contributed by atoms with Crippen LogP contribution in [0.1, 0.15) is 0 Å². The Morgan fingerprint density at radius 1 is 1.27 bits per heavy atom. The molecular weight excluding hydrogens is 248 g/mol. The molecule has 0 aliphatic rings. The first-order chi connectivity index (χ1) is 6.86. The largest absolute Gasteiger partial charge is 0.504 e. The Hall–Kier alpha value is -1.00. The Bertz CT molecular complexity index is 467. The molecule has 0 amide bonds. The number of hydrogen-bond acceptors (Lipinski definition) is 7. The zero-order valence-corrected chi connectivity index (χ0v) is 8.62. The van der Waals surface area contributed by atoms with Crippen molar-refractivity contribution in [2.45, 2.75) is 9.79 Å². The van der Waals surface area contributed by atoms with E-state index in [4.69, 9.17) is 20.0 Å². The molecule has 0 aliphatic carbocycles. The molecule has 9 heteroatoms. The van der Waals surface area contributed by atoms with Crippen LogP contribution in [0.4, 0.5) is 0 Å². The quantitative estimate of drug-likeness (QED) is 0.206. The highest BCUT2D eigenvalue weighted by atomic mass is 32.2. The lowest BCUT2D eigenvalue weighted by Gasteiger charge is -2.05. The molecule has 0 fully saturated rings. The first-order valence-corrected chi connectivity index (χ1v) is 5.56. The summed E-state index contributed by atoms with van der Waals surface area (Å²) in [5.41, 5.74) is 0. The van der Waals surface area contributed by atoms with Crippen LogP contribution in [0.5, 0.6) is 11.5 Å². The summed E-state index contributed by atoms with van der Waals surface area (Å²) in [6.45, 7) is 0. The fraction of sp³-hybridized carbons (Fsp3) is 0. The Morgan fingerprint density at radius 2 is 1.87 bits per heavy atom. The van der Waals surface area contributed by atoms with Gasteiger partial charge < -0.3 is 10.2 Å². The van der Waals surface area contributed by atoms with Crippen LogP contribution in [-0.4, -0.2) is 28.4 Å². The van der Waals surface area contributed by atoms with E-state index in [1.807, 2.05) is 0 Å². The van der Waals surface area contributed by atoms with Gasteiger partial charge in [0.15, 0.2) is 11.5 Å². The summed E-state index contributed by atoms with van der Waals surface area (Å²) < 4.78 is 33.8. The SMILES string of the molecule is O=S(=O)(O)c1cc(SOO)cc(O)c1O. The van der Waals surface area contributed by atoms with Gasteiger partial charge in [0.2, 0.25) is 0 Å². The highest BCUT2D eigenvalue weighted by Crippen LogP contribution is 2.36. The van der Waals surface area contributed by atoms with Gasteiger partial charge in [-0.15, -0.1) is 0 Å². The van der Waals surface area contributed by atoms with Crippen molar-refractivity contribution < 1.29 is 32.8 Å².